The molecule has 1 aliphatic heterocycles. The van der Waals surface area contributed by atoms with Crippen LogP contribution in [0.25, 0.3) is 0 Å². The summed E-state index contributed by atoms with van der Waals surface area (Å²) < 4.78 is 63.8. The lowest BCUT2D eigenvalue weighted by Gasteiger charge is -2.33. The lowest BCUT2D eigenvalue weighted by molar-refractivity contribution is -0.144. The molecule has 0 atom stereocenters. The van der Waals surface area contributed by atoms with E-state index in [-0.39, 0.29) is 43.7 Å². The van der Waals surface area contributed by atoms with E-state index in [9.17, 15) is 26.7 Å². The van der Waals surface area contributed by atoms with Gasteiger partial charge in [0.25, 0.3) is 0 Å². The van der Waals surface area contributed by atoms with Crippen LogP contribution in [0, 0.1) is 6.92 Å². The summed E-state index contributed by atoms with van der Waals surface area (Å²) in [6.07, 6.45) is 0. The number of sulfonamides is 1. The summed E-state index contributed by atoms with van der Waals surface area (Å²) >= 11 is 0. The fraction of sp³-hybridized carbons (Fsp3) is 0.381. The summed E-state index contributed by atoms with van der Waals surface area (Å²) in [5, 5.41) is 9.71. The zero-order valence-electron chi connectivity index (χ0n) is 18.3. The van der Waals surface area contributed by atoms with Gasteiger partial charge < -0.3 is 14.0 Å². The zero-order valence-corrected chi connectivity index (χ0v) is 19.9. The standard InChI is InChI=1S/C21H26N2O8S2/c1-3-30-21(25)15-22-8-10-23(11-9-22)32(26,27)19-6-4-5-7-20(19)33(28,29)31-18-13-16(2)12-17(24)14-18/h4-7,12-14,24H,3,8-11,15H2,1-2H3. The molecule has 0 saturated carbocycles. The first-order valence-electron chi connectivity index (χ1n) is 10.3. The van der Waals surface area contributed by atoms with Crippen LogP contribution >= 0.6 is 0 Å². The second kappa shape index (κ2) is 10.1. The normalized spacial score (nSPS) is 15.8. The molecule has 0 amide bonds. The molecule has 1 fully saturated rings. The van der Waals surface area contributed by atoms with Gasteiger partial charge in [0.05, 0.1) is 13.2 Å². The van der Waals surface area contributed by atoms with Crippen molar-refractivity contribution in [3.8, 4) is 11.5 Å². The number of esters is 1. The summed E-state index contributed by atoms with van der Waals surface area (Å²) in [6.45, 7) is 4.45. The lowest BCUT2D eigenvalue weighted by atomic mass is 10.2. The number of hydrogen-bond acceptors (Lipinski definition) is 9. The van der Waals surface area contributed by atoms with Gasteiger partial charge in [0, 0.05) is 32.2 Å². The number of phenols is 1. The van der Waals surface area contributed by atoms with Gasteiger partial charge in [0.2, 0.25) is 10.0 Å². The van der Waals surface area contributed by atoms with Crippen LogP contribution in [-0.4, -0.2) is 76.4 Å². The Morgan fingerprint density at radius 1 is 1.00 bits per heavy atom. The molecule has 33 heavy (non-hydrogen) atoms. The summed E-state index contributed by atoms with van der Waals surface area (Å²) in [6, 6.07) is 9.18. The number of carbonyl (C=O) groups is 1. The van der Waals surface area contributed by atoms with Crippen molar-refractivity contribution in [1.29, 1.82) is 0 Å². The van der Waals surface area contributed by atoms with Crippen molar-refractivity contribution < 1.29 is 35.7 Å². The molecule has 1 N–H and O–H groups in total. The second-order valence-corrected chi connectivity index (χ2v) is 10.9. The first-order chi connectivity index (χ1) is 15.5. The summed E-state index contributed by atoms with van der Waals surface area (Å²) in [5.41, 5.74) is 0.571. The maximum absolute atomic E-state index is 13.3. The first-order valence-corrected chi connectivity index (χ1v) is 13.1. The monoisotopic (exact) mass is 498 g/mol. The van der Waals surface area contributed by atoms with Gasteiger partial charge in [-0.2, -0.15) is 12.7 Å². The van der Waals surface area contributed by atoms with Gasteiger partial charge >= 0.3 is 16.1 Å². The minimum Gasteiger partial charge on any atom is -0.508 e. The van der Waals surface area contributed by atoms with Crippen molar-refractivity contribution in [3.63, 3.8) is 0 Å². The molecule has 0 bridgehead atoms. The van der Waals surface area contributed by atoms with Crippen LogP contribution in [0.3, 0.4) is 0 Å². The number of aryl methyl sites for hydroxylation is 1. The molecule has 2 aromatic carbocycles. The van der Waals surface area contributed by atoms with Crippen molar-refractivity contribution in [2.24, 2.45) is 0 Å². The molecule has 0 aromatic heterocycles. The SMILES string of the molecule is CCOC(=O)CN1CCN(S(=O)(=O)c2ccccc2S(=O)(=O)Oc2cc(C)cc(O)c2)CC1. The number of carbonyl (C=O) groups excluding carboxylic acids is 1. The fourth-order valence-electron chi connectivity index (χ4n) is 3.47. The van der Waals surface area contributed by atoms with Gasteiger partial charge in [-0.05, 0) is 43.7 Å². The van der Waals surface area contributed by atoms with Gasteiger partial charge in [-0.1, -0.05) is 12.1 Å². The number of piperazine rings is 1. The average Bonchev–Trinajstić information content (AvgIpc) is 2.73. The summed E-state index contributed by atoms with van der Waals surface area (Å²) in [4.78, 5) is 12.5. The molecule has 3 rings (SSSR count). The highest BCUT2D eigenvalue weighted by atomic mass is 32.2. The van der Waals surface area contributed by atoms with Gasteiger partial charge in [0.15, 0.2) is 0 Å². The number of nitrogens with zero attached hydrogens (tertiary/aromatic N) is 2. The van der Waals surface area contributed by atoms with Gasteiger partial charge in [-0.25, -0.2) is 8.42 Å². The van der Waals surface area contributed by atoms with E-state index in [1.807, 2.05) is 0 Å². The van der Waals surface area contributed by atoms with E-state index in [4.69, 9.17) is 8.92 Å². The minimum absolute atomic E-state index is 0.0594. The molecule has 0 aliphatic carbocycles. The fourth-order valence-corrected chi connectivity index (χ4v) is 6.59. The molecule has 0 radical (unpaired) electrons. The molecule has 0 unspecified atom stereocenters. The van der Waals surface area contributed by atoms with Gasteiger partial charge in [-0.15, -0.1) is 0 Å². The van der Waals surface area contributed by atoms with Crippen LogP contribution in [0.15, 0.2) is 52.3 Å². The molecule has 1 aliphatic rings. The van der Waals surface area contributed by atoms with Crippen LogP contribution in [0.1, 0.15) is 12.5 Å². The van der Waals surface area contributed by atoms with Crippen molar-refractivity contribution in [3.05, 3.63) is 48.0 Å². The summed E-state index contributed by atoms with van der Waals surface area (Å²) in [7, 11) is -8.69. The maximum Gasteiger partial charge on any atom is 0.340 e. The highest BCUT2D eigenvalue weighted by Gasteiger charge is 2.34. The lowest BCUT2D eigenvalue weighted by Crippen LogP contribution is -2.50. The molecule has 2 aromatic rings. The van der Waals surface area contributed by atoms with Crippen molar-refractivity contribution in [1.82, 2.24) is 9.21 Å². The van der Waals surface area contributed by atoms with E-state index in [1.54, 1.807) is 18.7 Å². The third-order valence-corrected chi connectivity index (χ3v) is 8.36. The first kappa shape index (κ1) is 25.0. The molecular weight excluding hydrogens is 472 g/mol. The quantitative estimate of drug-likeness (QED) is 0.423. The second-order valence-electron chi connectivity index (χ2n) is 7.47. The Bertz CT molecular complexity index is 1200. The Hall–Kier alpha value is -2.67. The highest BCUT2D eigenvalue weighted by Crippen LogP contribution is 2.29. The third kappa shape index (κ3) is 6.02. The van der Waals surface area contributed by atoms with E-state index in [2.05, 4.69) is 0 Å². The molecule has 1 heterocycles. The Balaban J connectivity index is 1.82. The molecule has 180 valence electrons. The molecule has 1 saturated heterocycles. The van der Waals surface area contributed by atoms with Crippen LogP contribution in [0.2, 0.25) is 0 Å². The van der Waals surface area contributed by atoms with E-state index in [0.29, 0.717) is 18.7 Å². The van der Waals surface area contributed by atoms with Gasteiger partial charge in [-0.3, -0.25) is 9.69 Å². The van der Waals surface area contributed by atoms with Crippen LogP contribution in [0.4, 0.5) is 0 Å². The van der Waals surface area contributed by atoms with Crippen LogP contribution < -0.4 is 4.18 Å². The van der Waals surface area contributed by atoms with Crippen LogP contribution in [-0.2, 0) is 29.7 Å². The molecule has 10 nitrogen and oxygen atoms in total. The topological polar surface area (TPSA) is 131 Å². The predicted molar refractivity (Wildman–Crippen MR) is 119 cm³/mol. The van der Waals surface area contributed by atoms with E-state index >= 15 is 0 Å². The average molecular weight is 499 g/mol. The smallest absolute Gasteiger partial charge is 0.340 e. The van der Waals surface area contributed by atoms with Crippen molar-refractivity contribution in [2.45, 2.75) is 23.6 Å². The Morgan fingerprint density at radius 2 is 1.64 bits per heavy atom. The minimum atomic E-state index is -4.52. The number of phenolic OH excluding ortho intramolecular Hbond substituents is 1. The number of aromatic hydroxyl groups is 1. The number of rotatable bonds is 8. The Kier molecular flexibility index (Phi) is 7.62. The Morgan fingerprint density at radius 3 is 2.24 bits per heavy atom. The van der Waals surface area contributed by atoms with Gasteiger partial charge in [0.1, 0.15) is 21.3 Å². The molecule has 0 spiro atoms. The third-order valence-electron chi connectivity index (χ3n) is 4.97. The van der Waals surface area contributed by atoms with E-state index < -0.39 is 29.9 Å². The number of hydrogen-bond donors (Lipinski definition) is 1. The predicted octanol–water partition coefficient (Wildman–Crippen LogP) is 1.34. The number of benzene rings is 2. The maximum atomic E-state index is 13.3. The molecule has 12 heteroatoms. The van der Waals surface area contributed by atoms with E-state index in [1.165, 1.54) is 34.6 Å². The highest BCUT2D eigenvalue weighted by molar-refractivity contribution is 7.91. The van der Waals surface area contributed by atoms with Crippen molar-refractivity contribution >= 4 is 26.1 Å². The summed E-state index contributed by atoms with van der Waals surface area (Å²) in [5.74, 6) is -0.696. The zero-order chi connectivity index (χ0) is 24.2. The largest absolute Gasteiger partial charge is 0.508 e. The van der Waals surface area contributed by atoms with Crippen molar-refractivity contribution in [2.75, 3.05) is 39.3 Å². The Labute approximate surface area is 193 Å². The van der Waals surface area contributed by atoms with E-state index in [0.717, 1.165) is 12.1 Å². The number of ether oxygens (including phenoxy) is 1. The molecular formula is C21H26N2O8S2. The van der Waals surface area contributed by atoms with Crippen LogP contribution in [0.5, 0.6) is 11.5 Å².